The molecule has 3 N–H and O–H groups in total. The minimum Gasteiger partial charge on any atom is -0.489 e. The molecule has 63 heavy (non-hydrogen) atoms. The molecule has 3 aromatic carbocycles. The van der Waals surface area contributed by atoms with Gasteiger partial charge in [-0.05, 0) is 151 Å². The van der Waals surface area contributed by atoms with Crippen LogP contribution in [0.5, 0.6) is 5.75 Å². The summed E-state index contributed by atoms with van der Waals surface area (Å²) in [6.45, 7) is 13.0. The first-order valence-electron chi connectivity index (χ1n) is 22.0. The summed E-state index contributed by atoms with van der Waals surface area (Å²) in [7, 11) is -3.57. The highest BCUT2D eigenvalue weighted by atomic mass is 35.5. The molecule has 2 saturated heterocycles. The summed E-state index contributed by atoms with van der Waals surface area (Å²) < 4.78 is 32.5. The van der Waals surface area contributed by atoms with Crippen molar-refractivity contribution in [1.82, 2.24) is 25.1 Å². The van der Waals surface area contributed by atoms with E-state index in [4.69, 9.17) is 16.3 Å². The molecule has 1 aromatic heterocycles. The van der Waals surface area contributed by atoms with Gasteiger partial charge < -0.3 is 25.2 Å². The van der Waals surface area contributed by atoms with Crippen LogP contribution < -0.4 is 20.7 Å². The zero-order valence-electron chi connectivity index (χ0n) is 36.7. The molecule has 13 nitrogen and oxygen atoms in total. The van der Waals surface area contributed by atoms with Crippen molar-refractivity contribution in [3.05, 3.63) is 88.1 Å². The Balaban J connectivity index is 0.885. The van der Waals surface area contributed by atoms with Crippen LogP contribution in [0.25, 0.3) is 0 Å². The number of hydrogen-bond acceptors (Lipinski definition) is 12. The van der Waals surface area contributed by atoms with Gasteiger partial charge in [-0.15, -0.1) is 11.8 Å². The van der Waals surface area contributed by atoms with Crippen LogP contribution in [0.4, 0.5) is 23.1 Å². The number of para-hydroxylation sites is 1. The number of halogens is 1. The van der Waals surface area contributed by atoms with Gasteiger partial charge in [-0.3, -0.25) is 19.7 Å². The fourth-order valence-electron chi connectivity index (χ4n) is 8.56. The zero-order valence-corrected chi connectivity index (χ0v) is 39.1. The number of imide groups is 1. The highest BCUT2D eigenvalue weighted by molar-refractivity contribution is 7.99. The van der Waals surface area contributed by atoms with Gasteiger partial charge in [0.25, 0.3) is 5.91 Å². The van der Waals surface area contributed by atoms with Gasteiger partial charge in [0.1, 0.15) is 16.8 Å². The van der Waals surface area contributed by atoms with Crippen molar-refractivity contribution >= 4 is 74.1 Å². The summed E-state index contributed by atoms with van der Waals surface area (Å²) >= 11 is 8.30. The number of ether oxygens (including phenoxy) is 1. The van der Waals surface area contributed by atoms with E-state index in [1.165, 1.54) is 18.2 Å². The van der Waals surface area contributed by atoms with E-state index in [2.05, 4.69) is 55.9 Å². The molecule has 4 heterocycles. The lowest BCUT2D eigenvalue weighted by Gasteiger charge is -2.33. The lowest BCUT2D eigenvalue weighted by atomic mass is 9.86. The number of aromatic nitrogens is 2. The van der Waals surface area contributed by atoms with Gasteiger partial charge in [-0.1, -0.05) is 42.6 Å². The van der Waals surface area contributed by atoms with Crippen molar-refractivity contribution in [3.8, 4) is 5.75 Å². The molecule has 7 rings (SSSR count). The van der Waals surface area contributed by atoms with Crippen LogP contribution in [0, 0.1) is 6.92 Å². The first-order chi connectivity index (χ1) is 30.2. The van der Waals surface area contributed by atoms with Gasteiger partial charge in [0, 0.05) is 23.4 Å². The highest BCUT2D eigenvalue weighted by Gasteiger charge is 2.40. The summed E-state index contributed by atoms with van der Waals surface area (Å²) in [6, 6.07) is 16.2. The number of anilines is 4. The summed E-state index contributed by atoms with van der Waals surface area (Å²) in [4.78, 5) is 51.9. The number of thioether (sulfide) groups is 1. The molecular weight excluding hydrogens is 858 g/mol. The normalized spacial score (nSPS) is 17.4. The van der Waals surface area contributed by atoms with Crippen LogP contribution in [0.1, 0.15) is 112 Å². The third kappa shape index (κ3) is 11.0. The minimum absolute atomic E-state index is 0.0631. The Labute approximate surface area is 380 Å². The standard InChI is InChI=1S/C47H58ClN7O6S2/c1-29(2)61-40-26-34(31(5)25-38(40)51-47-49-27-36(48)44(53-47)50-37-14-8-9-16-42(37)63(59,60)30(3)4)32-19-22-54(23-20-32)21-10-6-7-11-24-62-41-15-12-13-33-35(41)28-55(46(33)58)39-17-18-43(56)52-45(39)57/h8-9,12-16,25-27,29-30,32,39H,6-7,10-11,17-24,28H2,1-5H3,(H,52,56,57)(H2,49,50,51,53). The number of likely N-dealkylation sites (tertiary alicyclic amines) is 1. The average molecular weight is 917 g/mol. The number of carbonyl (C=O) groups excluding carboxylic acids is 3. The quantitative estimate of drug-likeness (QED) is 0.0494. The fraction of sp³-hybridized carbons (Fsp3) is 0.468. The number of nitrogens with one attached hydrogen (secondary N) is 3. The number of nitrogens with zero attached hydrogens (tertiary/aromatic N) is 4. The Hall–Kier alpha value is -4.70. The number of aryl methyl sites for hydroxylation is 1. The van der Waals surface area contributed by atoms with E-state index >= 15 is 0 Å². The molecule has 0 aliphatic carbocycles. The van der Waals surface area contributed by atoms with E-state index in [0.29, 0.717) is 35.9 Å². The fourth-order valence-corrected chi connectivity index (χ4v) is 11.0. The van der Waals surface area contributed by atoms with E-state index in [0.717, 1.165) is 79.2 Å². The lowest BCUT2D eigenvalue weighted by molar-refractivity contribution is -0.136. The molecule has 3 amide bonds. The third-order valence-corrected chi connectivity index (χ3v) is 15.7. The number of fused-ring (bicyclic) bond motifs is 1. The van der Waals surface area contributed by atoms with E-state index in [1.807, 2.05) is 26.0 Å². The monoisotopic (exact) mass is 915 g/mol. The smallest absolute Gasteiger partial charge is 0.255 e. The van der Waals surface area contributed by atoms with Crippen LogP contribution in [0.2, 0.25) is 5.02 Å². The van der Waals surface area contributed by atoms with E-state index in [-0.39, 0.29) is 51.9 Å². The zero-order chi connectivity index (χ0) is 44.8. The maximum atomic E-state index is 13.2. The second-order valence-electron chi connectivity index (χ2n) is 17.2. The maximum absolute atomic E-state index is 13.2. The summed E-state index contributed by atoms with van der Waals surface area (Å²) in [5, 5.41) is 8.50. The van der Waals surface area contributed by atoms with Gasteiger partial charge in [-0.25, -0.2) is 13.4 Å². The summed E-state index contributed by atoms with van der Waals surface area (Å²) in [6.07, 6.45) is 8.74. The molecule has 0 radical (unpaired) electrons. The SMILES string of the molecule is Cc1cc(Nc2ncc(Cl)c(Nc3ccccc3S(=O)(=O)C(C)C)n2)c(OC(C)C)cc1C1CCN(CCCCCCSc2cccc3c2CN(C2CCC(=O)NC2=O)C3=O)CC1. The third-order valence-electron chi connectivity index (χ3n) is 12.0. The van der Waals surface area contributed by atoms with E-state index in [9.17, 15) is 22.8 Å². The highest BCUT2D eigenvalue weighted by Crippen LogP contribution is 2.39. The second kappa shape index (κ2) is 20.4. The van der Waals surface area contributed by atoms with Crippen LogP contribution in [0.3, 0.4) is 0 Å². The first kappa shape index (κ1) is 46.3. The largest absolute Gasteiger partial charge is 0.489 e. The predicted molar refractivity (Wildman–Crippen MR) is 249 cm³/mol. The maximum Gasteiger partial charge on any atom is 0.255 e. The predicted octanol–water partition coefficient (Wildman–Crippen LogP) is 9.19. The number of rotatable bonds is 18. The van der Waals surface area contributed by atoms with Crippen molar-refractivity contribution in [2.75, 3.05) is 36.0 Å². The number of piperidine rings is 2. The van der Waals surface area contributed by atoms with Crippen LogP contribution in [-0.4, -0.2) is 88.7 Å². The Morgan fingerprint density at radius 1 is 0.937 bits per heavy atom. The Morgan fingerprint density at radius 2 is 1.70 bits per heavy atom. The summed E-state index contributed by atoms with van der Waals surface area (Å²) in [5.74, 6) is 1.87. The van der Waals surface area contributed by atoms with Crippen molar-refractivity contribution in [3.63, 3.8) is 0 Å². The van der Waals surface area contributed by atoms with Gasteiger partial charge in [0.15, 0.2) is 15.7 Å². The van der Waals surface area contributed by atoms with Gasteiger partial charge in [0.05, 0.1) is 33.8 Å². The number of sulfone groups is 1. The number of unbranched alkanes of at least 4 members (excludes halogenated alkanes) is 3. The van der Waals surface area contributed by atoms with Crippen LogP contribution in [-0.2, 0) is 26.0 Å². The van der Waals surface area contributed by atoms with E-state index < -0.39 is 21.1 Å². The Kier molecular flexibility index (Phi) is 15.0. The molecule has 2 fully saturated rings. The van der Waals surface area contributed by atoms with Crippen molar-refractivity contribution in [2.24, 2.45) is 0 Å². The Morgan fingerprint density at radius 3 is 2.44 bits per heavy atom. The molecule has 0 bridgehead atoms. The number of benzene rings is 3. The molecular formula is C47H58ClN7O6S2. The number of carbonyl (C=O) groups is 3. The molecule has 1 unspecified atom stereocenters. The topological polar surface area (TPSA) is 163 Å². The molecule has 0 spiro atoms. The van der Waals surface area contributed by atoms with Crippen LogP contribution in [0.15, 0.2) is 70.6 Å². The van der Waals surface area contributed by atoms with Crippen LogP contribution >= 0.6 is 23.4 Å². The van der Waals surface area contributed by atoms with E-state index in [1.54, 1.807) is 54.8 Å². The molecule has 336 valence electrons. The van der Waals surface area contributed by atoms with Gasteiger partial charge in [-0.2, -0.15) is 4.98 Å². The Bertz CT molecular complexity index is 2440. The lowest BCUT2D eigenvalue weighted by Crippen LogP contribution is -2.52. The second-order valence-corrected chi connectivity index (χ2v) is 21.2. The van der Waals surface area contributed by atoms with Crippen molar-refractivity contribution in [2.45, 2.75) is 126 Å². The molecule has 4 aromatic rings. The van der Waals surface area contributed by atoms with Crippen molar-refractivity contribution in [1.29, 1.82) is 0 Å². The molecule has 3 aliphatic heterocycles. The minimum atomic E-state index is -3.57. The first-order valence-corrected chi connectivity index (χ1v) is 24.9. The molecule has 16 heteroatoms. The summed E-state index contributed by atoms with van der Waals surface area (Å²) in [5.41, 5.74) is 5.21. The van der Waals surface area contributed by atoms with Gasteiger partial charge >= 0.3 is 0 Å². The number of amides is 3. The number of hydrogen-bond donors (Lipinski definition) is 3. The average Bonchev–Trinajstić information content (AvgIpc) is 3.58. The van der Waals surface area contributed by atoms with Gasteiger partial charge in [0.2, 0.25) is 17.8 Å². The molecule has 3 aliphatic rings. The van der Waals surface area contributed by atoms with Crippen molar-refractivity contribution < 1.29 is 27.5 Å². The molecule has 1 atom stereocenters. The molecule has 0 saturated carbocycles.